The smallest absolute Gasteiger partial charge is 0.439 e. The van der Waals surface area contributed by atoms with Crippen molar-refractivity contribution in [3.8, 4) is 17.7 Å². The third-order valence-corrected chi connectivity index (χ3v) is 3.02. The number of nitrogens with two attached hydrogens (primary N) is 1. The third kappa shape index (κ3) is 2.18. The molecule has 0 saturated carbocycles. The fourth-order valence-electron chi connectivity index (χ4n) is 2.00. The topological polar surface area (TPSA) is 101 Å². The first-order valence-corrected chi connectivity index (χ1v) is 5.94. The van der Waals surface area contributed by atoms with E-state index in [9.17, 15) is 5.02 Å². The zero-order valence-corrected chi connectivity index (χ0v) is 10.4. The molecule has 7 heteroatoms. The van der Waals surface area contributed by atoms with E-state index in [2.05, 4.69) is 4.98 Å². The van der Waals surface area contributed by atoms with Gasteiger partial charge in [0.25, 0.3) is 0 Å². The van der Waals surface area contributed by atoms with E-state index >= 15 is 0 Å². The molecule has 1 aliphatic heterocycles. The van der Waals surface area contributed by atoms with Crippen molar-refractivity contribution in [2.75, 3.05) is 5.73 Å². The van der Waals surface area contributed by atoms with Crippen LogP contribution in [0.25, 0.3) is 0 Å². The van der Waals surface area contributed by atoms with Gasteiger partial charge in [0.1, 0.15) is 17.6 Å². The summed E-state index contributed by atoms with van der Waals surface area (Å²) in [6.07, 6.45) is 0. The van der Waals surface area contributed by atoms with E-state index in [1.165, 1.54) is 0 Å². The number of rotatable bonds is 2. The van der Waals surface area contributed by atoms with Crippen LogP contribution in [0.3, 0.4) is 0 Å². The second-order valence-corrected chi connectivity index (χ2v) is 4.32. The first-order chi connectivity index (χ1) is 9.67. The molecule has 2 heterocycles. The molecule has 0 spiro atoms. The number of pyridine rings is 1. The molecule has 1 aliphatic rings. The summed E-state index contributed by atoms with van der Waals surface area (Å²) in [4.78, 5) is 4.00. The first-order valence-electron chi connectivity index (χ1n) is 5.94. The zero-order chi connectivity index (χ0) is 14.1. The maximum absolute atomic E-state index is 9.53. The monoisotopic (exact) mass is 267 g/mol. The Morgan fingerprint density at radius 1 is 1.40 bits per heavy atom. The highest BCUT2D eigenvalue weighted by Crippen LogP contribution is 2.23. The minimum Gasteiger partial charge on any atom is -0.439 e. The van der Waals surface area contributed by atoms with Gasteiger partial charge in [0.2, 0.25) is 5.88 Å². The Morgan fingerprint density at radius 2 is 2.25 bits per heavy atom. The van der Waals surface area contributed by atoms with Gasteiger partial charge >= 0.3 is 7.12 Å². The van der Waals surface area contributed by atoms with Crippen molar-refractivity contribution in [2.24, 2.45) is 0 Å². The van der Waals surface area contributed by atoms with E-state index in [0.29, 0.717) is 23.8 Å². The predicted molar refractivity (Wildman–Crippen MR) is 72.3 cm³/mol. The average molecular weight is 267 g/mol. The van der Waals surface area contributed by atoms with Crippen LogP contribution in [0.4, 0.5) is 5.82 Å². The molecule has 2 aromatic rings. The average Bonchev–Trinajstić information content (AvgIpc) is 2.80. The van der Waals surface area contributed by atoms with Crippen LogP contribution in [-0.2, 0) is 11.3 Å². The molecule has 20 heavy (non-hydrogen) atoms. The van der Waals surface area contributed by atoms with Crippen LogP contribution in [0.15, 0.2) is 30.3 Å². The van der Waals surface area contributed by atoms with Crippen molar-refractivity contribution in [1.29, 1.82) is 5.26 Å². The number of aromatic nitrogens is 1. The Balaban J connectivity index is 1.85. The third-order valence-electron chi connectivity index (χ3n) is 3.02. The van der Waals surface area contributed by atoms with Crippen molar-refractivity contribution < 1.29 is 14.4 Å². The molecule has 0 aliphatic carbocycles. The van der Waals surface area contributed by atoms with Gasteiger partial charge in [-0.15, -0.1) is 0 Å². The summed E-state index contributed by atoms with van der Waals surface area (Å²) in [7, 11) is -0.872. The fourth-order valence-corrected chi connectivity index (χ4v) is 2.00. The highest BCUT2D eigenvalue weighted by molar-refractivity contribution is 6.61. The SMILES string of the molecule is N#Cc1ccc(Oc2ccc3c(c2)COB3O)nc1N. The second kappa shape index (κ2) is 4.85. The Morgan fingerprint density at radius 3 is 3.00 bits per heavy atom. The van der Waals surface area contributed by atoms with Crippen molar-refractivity contribution in [3.05, 3.63) is 41.5 Å². The summed E-state index contributed by atoms with van der Waals surface area (Å²) in [5.41, 5.74) is 7.55. The highest BCUT2D eigenvalue weighted by atomic mass is 16.5. The van der Waals surface area contributed by atoms with Crippen LogP contribution in [0.5, 0.6) is 11.6 Å². The van der Waals surface area contributed by atoms with Gasteiger partial charge in [0.05, 0.1) is 12.2 Å². The van der Waals surface area contributed by atoms with Gasteiger partial charge in [-0.1, -0.05) is 6.07 Å². The molecule has 0 saturated heterocycles. The summed E-state index contributed by atoms with van der Waals surface area (Å²) in [6.45, 7) is 0.344. The van der Waals surface area contributed by atoms with Crippen LogP contribution < -0.4 is 15.9 Å². The van der Waals surface area contributed by atoms with Gasteiger partial charge in [0.15, 0.2) is 0 Å². The Bertz CT molecular complexity index is 714. The number of benzene rings is 1. The Hall–Kier alpha value is -2.56. The quantitative estimate of drug-likeness (QED) is 0.770. The molecule has 0 unspecified atom stereocenters. The maximum Gasteiger partial charge on any atom is 0.491 e. The van der Waals surface area contributed by atoms with Crippen molar-refractivity contribution in [1.82, 2.24) is 4.98 Å². The van der Waals surface area contributed by atoms with E-state index in [1.807, 2.05) is 6.07 Å². The van der Waals surface area contributed by atoms with Gasteiger partial charge in [-0.2, -0.15) is 10.2 Å². The molecule has 98 valence electrons. The number of nitrogen functional groups attached to an aromatic ring is 1. The molecule has 0 amide bonds. The van der Waals surface area contributed by atoms with Crippen molar-refractivity contribution in [2.45, 2.75) is 6.61 Å². The molecule has 6 nitrogen and oxygen atoms in total. The van der Waals surface area contributed by atoms with E-state index in [0.717, 1.165) is 11.0 Å². The van der Waals surface area contributed by atoms with E-state index in [4.69, 9.17) is 20.4 Å². The van der Waals surface area contributed by atoms with Gasteiger partial charge in [-0.3, -0.25) is 0 Å². The lowest BCUT2D eigenvalue weighted by Gasteiger charge is -2.07. The molecule has 1 aromatic heterocycles. The Labute approximate surface area is 115 Å². The Kier molecular flexibility index (Phi) is 3.02. The van der Waals surface area contributed by atoms with Crippen molar-refractivity contribution in [3.63, 3.8) is 0 Å². The maximum atomic E-state index is 9.53. The number of nitriles is 1. The fraction of sp³-hybridized carbons (Fsp3) is 0.0769. The molecule has 3 rings (SSSR count). The molecule has 0 fully saturated rings. The number of nitrogens with zero attached hydrogens (tertiary/aromatic N) is 2. The largest absolute Gasteiger partial charge is 0.491 e. The molecule has 3 N–H and O–H groups in total. The lowest BCUT2D eigenvalue weighted by Crippen LogP contribution is -2.27. The minimum atomic E-state index is -0.872. The molecular formula is C13H10BN3O3. The second-order valence-electron chi connectivity index (χ2n) is 4.32. The molecule has 0 atom stereocenters. The van der Waals surface area contributed by atoms with Crippen LogP contribution in [0, 0.1) is 11.3 Å². The van der Waals surface area contributed by atoms with Crippen LogP contribution >= 0.6 is 0 Å². The lowest BCUT2D eigenvalue weighted by molar-refractivity contribution is 0.275. The summed E-state index contributed by atoms with van der Waals surface area (Å²) in [6, 6.07) is 10.3. The van der Waals surface area contributed by atoms with Gasteiger partial charge in [-0.05, 0) is 29.2 Å². The standard InChI is InChI=1S/C13H10BN3O3/c15-6-8-1-4-12(17-13(8)16)20-10-2-3-11-9(5-10)7-19-14(11)18/h1-5,18H,7H2,(H2,16,17). The number of ether oxygens (including phenoxy) is 1. The minimum absolute atomic E-state index is 0.130. The van der Waals surface area contributed by atoms with Gasteiger partial charge in [0, 0.05) is 6.07 Å². The van der Waals surface area contributed by atoms with Crippen molar-refractivity contribution >= 4 is 18.4 Å². The summed E-state index contributed by atoms with van der Waals surface area (Å²) in [5, 5.41) is 18.3. The molecule has 0 bridgehead atoms. The van der Waals surface area contributed by atoms with Gasteiger partial charge < -0.3 is 20.1 Å². The van der Waals surface area contributed by atoms with Crippen LogP contribution in [0.2, 0.25) is 0 Å². The predicted octanol–water partition coefficient (Wildman–Crippen LogP) is 0.545. The number of hydrogen-bond acceptors (Lipinski definition) is 6. The molecular weight excluding hydrogens is 257 g/mol. The van der Waals surface area contributed by atoms with Gasteiger partial charge in [-0.25, -0.2) is 0 Å². The number of anilines is 1. The number of hydrogen-bond donors (Lipinski definition) is 2. The highest BCUT2D eigenvalue weighted by Gasteiger charge is 2.27. The number of fused-ring (bicyclic) bond motifs is 1. The summed E-state index contributed by atoms with van der Waals surface area (Å²) >= 11 is 0. The van der Waals surface area contributed by atoms with Crippen LogP contribution in [-0.4, -0.2) is 17.1 Å². The first kappa shape index (κ1) is 12.5. The lowest BCUT2D eigenvalue weighted by atomic mass is 9.80. The zero-order valence-electron chi connectivity index (χ0n) is 10.4. The van der Waals surface area contributed by atoms with E-state index in [1.54, 1.807) is 30.3 Å². The normalized spacial score (nSPS) is 12.9. The van der Waals surface area contributed by atoms with E-state index < -0.39 is 7.12 Å². The molecule has 0 radical (unpaired) electrons. The van der Waals surface area contributed by atoms with E-state index in [-0.39, 0.29) is 5.82 Å². The van der Waals surface area contributed by atoms with Crippen LogP contribution in [0.1, 0.15) is 11.1 Å². The summed E-state index contributed by atoms with van der Waals surface area (Å²) < 4.78 is 10.7. The summed E-state index contributed by atoms with van der Waals surface area (Å²) in [5.74, 6) is 1.00. The molecule has 1 aromatic carbocycles.